The van der Waals surface area contributed by atoms with Crippen molar-refractivity contribution < 1.29 is 10.2 Å². The summed E-state index contributed by atoms with van der Waals surface area (Å²) >= 11 is 0. The lowest BCUT2D eigenvalue weighted by Gasteiger charge is -2.31. The Morgan fingerprint density at radius 2 is 1.50 bits per heavy atom. The van der Waals surface area contributed by atoms with E-state index in [2.05, 4.69) is 20.8 Å². The van der Waals surface area contributed by atoms with E-state index in [1.165, 1.54) is 16.7 Å². The van der Waals surface area contributed by atoms with Crippen molar-refractivity contribution in [3.05, 3.63) is 59.2 Å². The van der Waals surface area contributed by atoms with Crippen LogP contribution in [0.25, 0.3) is 0 Å². The highest BCUT2D eigenvalue weighted by Crippen LogP contribution is 2.55. The average molecular weight is 268 g/mol. The van der Waals surface area contributed by atoms with E-state index < -0.39 is 0 Å². The van der Waals surface area contributed by atoms with E-state index in [9.17, 15) is 10.2 Å². The molecule has 20 heavy (non-hydrogen) atoms. The van der Waals surface area contributed by atoms with Crippen molar-refractivity contribution in [2.75, 3.05) is 0 Å². The van der Waals surface area contributed by atoms with Gasteiger partial charge < -0.3 is 10.2 Å². The molecule has 2 nitrogen and oxygen atoms in total. The molecular formula is C18H20O2. The fraction of sp³-hybridized carbons (Fsp3) is 0.333. The van der Waals surface area contributed by atoms with Gasteiger partial charge in [-0.15, -0.1) is 0 Å². The van der Waals surface area contributed by atoms with E-state index >= 15 is 0 Å². The van der Waals surface area contributed by atoms with Crippen molar-refractivity contribution in [3.8, 4) is 11.5 Å². The van der Waals surface area contributed by atoms with Crippen LogP contribution >= 0.6 is 0 Å². The monoisotopic (exact) mass is 268 g/mol. The van der Waals surface area contributed by atoms with Crippen molar-refractivity contribution in [1.82, 2.24) is 0 Å². The number of fused-ring (bicyclic) bond motifs is 1. The first kappa shape index (κ1) is 13.0. The molecule has 3 rings (SSSR count). The first-order valence-corrected chi connectivity index (χ1v) is 7.03. The van der Waals surface area contributed by atoms with Crippen LogP contribution in [0.2, 0.25) is 0 Å². The van der Waals surface area contributed by atoms with Gasteiger partial charge in [0.15, 0.2) is 0 Å². The Morgan fingerprint density at radius 1 is 0.900 bits per heavy atom. The minimum absolute atomic E-state index is 0.0133. The molecular weight excluding hydrogens is 248 g/mol. The largest absolute Gasteiger partial charge is 0.508 e. The second kappa shape index (κ2) is 4.27. The van der Waals surface area contributed by atoms with Gasteiger partial charge in [-0.3, -0.25) is 0 Å². The third kappa shape index (κ3) is 1.79. The third-order valence-corrected chi connectivity index (χ3v) is 4.75. The lowest BCUT2D eigenvalue weighted by Crippen LogP contribution is -2.23. The fourth-order valence-corrected chi connectivity index (χ4v) is 3.87. The zero-order valence-electron chi connectivity index (χ0n) is 12.1. The summed E-state index contributed by atoms with van der Waals surface area (Å²) in [5.41, 5.74) is 3.78. The minimum atomic E-state index is 0.0133. The van der Waals surface area contributed by atoms with Crippen LogP contribution in [0.3, 0.4) is 0 Å². The van der Waals surface area contributed by atoms with Gasteiger partial charge in [-0.2, -0.15) is 0 Å². The van der Waals surface area contributed by atoms with E-state index in [1.807, 2.05) is 24.3 Å². The van der Waals surface area contributed by atoms with Gasteiger partial charge in [0.1, 0.15) is 11.5 Å². The Labute approximate surface area is 119 Å². The van der Waals surface area contributed by atoms with Crippen molar-refractivity contribution in [3.63, 3.8) is 0 Å². The van der Waals surface area contributed by atoms with Crippen LogP contribution in [0.1, 0.15) is 49.3 Å². The Morgan fingerprint density at radius 3 is 2.15 bits per heavy atom. The molecule has 0 aromatic heterocycles. The van der Waals surface area contributed by atoms with Gasteiger partial charge in [0.2, 0.25) is 0 Å². The Kier molecular flexibility index (Phi) is 2.79. The van der Waals surface area contributed by atoms with E-state index in [0.717, 1.165) is 0 Å². The molecule has 0 aliphatic heterocycles. The number of hydrogen-bond donors (Lipinski definition) is 2. The van der Waals surface area contributed by atoms with Gasteiger partial charge in [-0.05, 0) is 58.2 Å². The van der Waals surface area contributed by atoms with Gasteiger partial charge in [0.05, 0.1) is 0 Å². The predicted molar refractivity (Wildman–Crippen MR) is 80.4 cm³/mol. The van der Waals surface area contributed by atoms with Crippen LogP contribution in [0.5, 0.6) is 11.5 Å². The molecule has 1 aliphatic rings. The summed E-state index contributed by atoms with van der Waals surface area (Å²) in [6, 6.07) is 13.2. The topological polar surface area (TPSA) is 40.5 Å². The molecule has 0 saturated carbocycles. The Hall–Kier alpha value is -1.96. The van der Waals surface area contributed by atoms with Crippen LogP contribution in [0.15, 0.2) is 42.5 Å². The highest BCUT2D eigenvalue weighted by Gasteiger charge is 2.44. The molecule has 2 aromatic carbocycles. The van der Waals surface area contributed by atoms with Crippen LogP contribution in [-0.2, 0) is 5.41 Å². The number of aromatic hydroxyl groups is 2. The first-order chi connectivity index (χ1) is 9.41. The molecule has 0 amide bonds. The summed E-state index contributed by atoms with van der Waals surface area (Å²) in [6.07, 6.45) is 0. The maximum absolute atomic E-state index is 9.74. The number of hydrogen-bond acceptors (Lipinski definition) is 2. The van der Waals surface area contributed by atoms with Gasteiger partial charge >= 0.3 is 0 Å². The molecule has 0 bridgehead atoms. The van der Waals surface area contributed by atoms with Gasteiger partial charge in [0, 0.05) is 0 Å². The molecule has 2 atom stereocenters. The second-order valence-corrected chi connectivity index (χ2v) is 6.35. The van der Waals surface area contributed by atoms with Crippen LogP contribution in [0.4, 0.5) is 0 Å². The molecule has 2 N–H and O–H groups in total. The summed E-state index contributed by atoms with van der Waals surface area (Å²) in [4.78, 5) is 0. The number of phenols is 2. The smallest absolute Gasteiger partial charge is 0.115 e. The molecule has 0 saturated heterocycles. The molecule has 2 heteroatoms. The van der Waals surface area contributed by atoms with Crippen molar-refractivity contribution in [2.45, 2.75) is 38.0 Å². The standard InChI is InChI=1S/C18H20O2/c1-11-15-10-14(20)8-9-16(15)18(2,3)17(11)12-4-6-13(19)7-5-12/h4-11,17,19-20H,1-3H3. The van der Waals surface area contributed by atoms with E-state index in [4.69, 9.17) is 0 Å². The fourth-order valence-electron chi connectivity index (χ4n) is 3.87. The first-order valence-electron chi connectivity index (χ1n) is 7.03. The maximum Gasteiger partial charge on any atom is 0.115 e. The quantitative estimate of drug-likeness (QED) is 0.810. The molecule has 0 radical (unpaired) electrons. The zero-order chi connectivity index (χ0) is 14.5. The Balaban J connectivity index is 2.12. The summed E-state index contributed by atoms with van der Waals surface area (Å²) in [6.45, 7) is 6.72. The summed E-state index contributed by atoms with van der Waals surface area (Å²) in [5, 5.41) is 19.2. The van der Waals surface area contributed by atoms with Crippen LogP contribution < -0.4 is 0 Å². The second-order valence-electron chi connectivity index (χ2n) is 6.35. The third-order valence-electron chi connectivity index (χ3n) is 4.75. The average Bonchev–Trinajstić information content (AvgIpc) is 2.58. The van der Waals surface area contributed by atoms with E-state index in [-0.39, 0.29) is 5.41 Å². The molecule has 0 heterocycles. The Bertz CT molecular complexity index is 641. The van der Waals surface area contributed by atoms with E-state index in [1.54, 1.807) is 18.2 Å². The lowest BCUT2D eigenvalue weighted by molar-refractivity contribution is 0.410. The van der Waals surface area contributed by atoms with Gasteiger partial charge in [0.25, 0.3) is 0 Å². The molecule has 2 aromatic rings. The molecule has 104 valence electrons. The molecule has 0 fully saturated rings. The number of phenolic OH excluding ortho intramolecular Hbond substituents is 2. The lowest BCUT2D eigenvalue weighted by atomic mass is 9.72. The molecule has 1 aliphatic carbocycles. The van der Waals surface area contributed by atoms with Crippen LogP contribution in [-0.4, -0.2) is 10.2 Å². The minimum Gasteiger partial charge on any atom is -0.508 e. The maximum atomic E-state index is 9.74. The highest BCUT2D eigenvalue weighted by molar-refractivity contribution is 5.51. The molecule has 2 unspecified atom stereocenters. The predicted octanol–water partition coefficient (Wildman–Crippen LogP) is 4.28. The summed E-state index contributed by atoms with van der Waals surface area (Å²) in [7, 11) is 0. The van der Waals surface area contributed by atoms with Crippen molar-refractivity contribution in [2.24, 2.45) is 0 Å². The van der Waals surface area contributed by atoms with Gasteiger partial charge in [-0.1, -0.05) is 39.0 Å². The number of rotatable bonds is 1. The van der Waals surface area contributed by atoms with Crippen molar-refractivity contribution >= 4 is 0 Å². The summed E-state index contributed by atoms with van der Waals surface area (Å²) in [5.74, 6) is 1.32. The SMILES string of the molecule is CC1c2cc(O)ccc2C(C)(C)C1c1ccc(O)cc1. The highest BCUT2D eigenvalue weighted by atomic mass is 16.3. The van der Waals surface area contributed by atoms with Crippen LogP contribution in [0, 0.1) is 0 Å². The molecule has 0 spiro atoms. The number of benzene rings is 2. The van der Waals surface area contributed by atoms with Gasteiger partial charge in [-0.25, -0.2) is 0 Å². The summed E-state index contributed by atoms with van der Waals surface area (Å²) < 4.78 is 0. The van der Waals surface area contributed by atoms with E-state index in [0.29, 0.717) is 23.3 Å². The van der Waals surface area contributed by atoms with Crippen molar-refractivity contribution in [1.29, 1.82) is 0 Å². The zero-order valence-corrected chi connectivity index (χ0v) is 12.1. The normalized spacial score (nSPS) is 23.6.